The number of hydrogen-bond donors (Lipinski definition) is 0. The van der Waals surface area contributed by atoms with Crippen molar-refractivity contribution in [1.82, 2.24) is 4.98 Å². The van der Waals surface area contributed by atoms with Gasteiger partial charge in [0.15, 0.2) is 0 Å². The normalized spacial score (nSPS) is 17.6. The monoisotopic (exact) mass is 214 g/mol. The standard InChI is InChI=1S/C12H10N2S/c1-8-14-10-3-2-9(6-11(10)15-8)12(7-13)4-5-12/h2-3,6H,4-5H2,1H3. The fourth-order valence-corrected chi connectivity index (χ4v) is 2.79. The van der Waals surface area contributed by atoms with E-state index in [-0.39, 0.29) is 5.41 Å². The Morgan fingerprint density at radius 2 is 2.27 bits per heavy atom. The minimum Gasteiger partial charge on any atom is -0.242 e. The SMILES string of the molecule is Cc1nc2ccc(C3(C#N)CC3)cc2s1. The van der Waals surface area contributed by atoms with Crippen LogP contribution < -0.4 is 0 Å². The largest absolute Gasteiger partial charge is 0.242 e. The Morgan fingerprint density at radius 3 is 2.93 bits per heavy atom. The highest BCUT2D eigenvalue weighted by atomic mass is 32.1. The molecule has 1 aliphatic carbocycles. The number of benzene rings is 1. The summed E-state index contributed by atoms with van der Waals surface area (Å²) in [6, 6.07) is 8.65. The Morgan fingerprint density at radius 1 is 1.47 bits per heavy atom. The van der Waals surface area contributed by atoms with Crippen molar-refractivity contribution < 1.29 is 0 Å². The maximum Gasteiger partial charge on any atom is 0.0907 e. The van der Waals surface area contributed by atoms with Gasteiger partial charge in [-0.25, -0.2) is 4.98 Å². The fourth-order valence-electron chi connectivity index (χ4n) is 1.93. The quantitative estimate of drug-likeness (QED) is 0.731. The lowest BCUT2D eigenvalue weighted by Gasteiger charge is -2.04. The van der Waals surface area contributed by atoms with Crippen LogP contribution >= 0.6 is 11.3 Å². The van der Waals surface area contributed by atoms with Crippen molar-refractivity contribution in [2.24, 2.45) is 0 Å². The van der Waals surface area contributed by atoms with Crippen molar-refractivity contribution >= 4 is 21.6 Å². The van der Waals surface area contributed by atoms with Gasteiger partial charge in [-0.3, -0.25) is 0 Å². The van der Waals surface area contributed by atoms with E-state index in [2.05, 4.69) is 23.2 Å². The van der Waals surface area contributed by atoms with Crippen LogP contribution in [0.25, 0.3) is 10.2 Å². The van der Waals surface area contributed by atoms with Gasteiger partial charge < -0.3 is 0 Å². The average molecular weight is 214 g/mol. The highest BCUT2D eigenvalue weighted by Crippen LogP contribution is 2.48. The molecule has 3 heteroatoms. The first-order valence-corrected chi connectivity index (χ1v) is 5.84. The van der Waals surface area contributed by atoms with Crippen LogP contribution in [-0.4, -0.2) is 4.98 Å². The van der Waals surface area contributed by atoms with Crippen LogP contribution in [-0.2, 0) is 5.41 Å². The van der Waals surface area contributed by atoms with E-state index in [1.165, 1.54) is 10.3 Å². The number of aromatic nitrogens is 1. The Kier molecular flexibility index (Phi) is 1.66. The molecular formula is C12H10N2S. The minimum absolute atomic E-state index is 0.175. The van der Waals surface area contributed by atoms with Gasteiger partial charge >= 0.3 is 0 Å². The number of rotatable bonds is 1. The maximum absolute atomic E-state index is 9.13. The minimum atomic E-state index is -0.175. The van der Waals surface area contributed by atoms with Crippen LogP contribution in [0, 0.1) is 18.3 Å². The molecule has 1 fully saturated rings. The lowest BCUT2D eigenvalue weighted by atomic mass is 9.98. The molecule has 1 saturated carbocycles. The van der Waals surface area contributed by atoms with Gasteiger partial charge in [0, 0.05) is 0 Å². The molecular weight excluding hydrogens is 204 g/mol. The first kappa shape index (κ1) is 8.87. The lowest BCUT2D eigenvalue weighted by molar-refractivity contribution is 0.911. The molecule has 3 rings (SSSR count). The van der Waals surface area contributed by atoms with Crippen LogP contribution in [0.5, 0.6) is 0 Å². The Hall–Kier alpha value is -1.40. The van der Waals surface area contributed by atoms with Gasteiger partial charge in [0.25, 0.3) is 0 Å². The van der Waals surface area contributed by atoms with Crippen LogP contribution in [0.3, 0.4) is 0 Å². The Labute approximate surface area is 92.2 Å². The van der Waals surface area contributed by atoms with Gasteiger partial charge in [0.1, 0.15) is 0 Å². The average Bonchev–Trinajstić information content (AvgIpc) is 2.94. The number of aryl methyl sites for hydroxylation is 1. The molecule has 1 aromatic heterocycles. The first-order chi connectivity index (χ1) is 7.23. The number of fused-ring (bicyclic) bond motifs is 1. The van der Waals surface area contributed by atoms with Crippen molar-refractivity contribution in [1.29, 1.82) is 5.26 Å². The van der Waals surface area contributed by atoms with Crippen molar-refractivity contribution in [3.05, 3.63) is 28.8 Å². The summed E-state index contributed by atoms with van der Waals surface area (Å²) >= 11 is 1.70. The molecule has 0 N–H and O–H groups in total. The molecule has 0 amide bonds. The number of nitrogens with zero attached hydrogens (tertiary/aromatic N) is 2. The highest BCUT2D eigenvalue weighted by molar-refractivity contribution is 7.18. The van der Waals surface area contributed by atoms with Gasteiger partial charge in [-0.1, -0.05) is 6.07 Å². The molecule has 0 aliphatic heterocycles. The Bertz CT molecular complexity index is 573. The van der Waals surface area contributed by atoms with Gasteiger partial charge in [0.2, 0.25) is 0 Å². The molecule has 74 valence electrons. The summed E-state index contributed by atoms with van der Waals surface area (Å²) in [6.07, 6.45) is 2.01. The van der Waals surface area contributed by atoms with E-state index in [1.807, 2.05) is 13.0 Å². The third-order valence-corrected chi connectivity index (χ3v) is 3.95. The third kappa shape index (κ3) is 1.25. The van der Waals surface area contributed by atoms with Crippen LogP contribution in [0.15, 0.2) is 18.2 Å². The number of nitriles is 1. The molecule has 0 atom stereocenters. The van der Waals surface area contributed by atoms with E-state index in [1.54, 1.807) is 11.3 Å². The molecule has 1 aliphatic rings. The van der Waals surface area contributed by atoms with Gasteiger partial charge in [-0.15, -0.1) is 11.3 Å². The molecule has 0 saturated heterocycles. The second-order valence-corrected chi connectivity index (χ2v) is 5.34. The third-order valence-electron chi connectivity index (χ3n) is 3.01. The van der Waals surface area contributed by atoms with Crippen molar-refractivity contribution in [2.45, 2.75) is 25.2 Å². The topological polar surface area (TPSA) is 36.7 Å². The summed E-state index contributed by atoms with van der Waals surface area (Å²) in [6.45, 7) is 2.02. The zero-order valence-corrected chi connectivity index (χ0v) is 9.27. The molecule has 2 nitrogen and oxygen atoms in total. The summed E-state index contributed by atoms with van der Waals surface area (Å²) in [5, 5.41) is 10.2. The smallest absolute Gasteiger partial charge is 0.0907 e. The highest BCUT2D eigenvalue weighted by Gasteiger charge is 2.44. The van der Waals surface area contributed by atoms with Gasteiger partial charge in [-0.2, -0.15) is 5.26 Å². The van der Waals surface area contributed by atoms with E-state index >= 15 is 0 Å². The van der Waals surface area contributed by atoms with E-state index < -0.39 is 0 Å². The fraction of sp³-hybridized carbons (Fsp3) is 0.333. The first-order valence-electron chi connectivity index (χ1n) is 5.02. The zero-order chi connectivity index (χ0) is 10.5. The molecule has 1 heterocycles. The molecule has 15 heavy (non-hydrogen) atoms. The summed E-state index contributed by atoms with van der Waals surface area (Å²) < 4.78 is 1.20. The van der Waals surface area contributed by atoms with E-state index in [4.69, 9.17) is 5.26 Å². The van der Waals surface area contributed by atoms with E-state index in [0.717, 1.165) is 23.4 Å². The van der Waals surface area contributed by atoms with Crippen LogP contribution in [0.2, 0.25) is 0 Å². The van der Waals surface area contributed by atoms with Gasteiger partial charge in [-0.05, 0) is 37.5 Å². The maximum atomic E-state index is 9.13. The summed E-state index contributed by atoms with van der Waals surface area (Å²) in [5.41, 5.74) is 2.04. The second kappa shape index (κ2) is 2.80. The molecule has 0 unspecified atom stereocenters. The summed E-state index contributed by atoms with van der Waals surface area (Å²) in [5.74, 6) is 0. The van der Waals surface area contributed by atoms with Crippen LogP contribution in [0.4, 0.5) is 0 Å². The van der Waals surface area contributed by atoms with E-state index in [9.17, 15) is 0 Å². The Balaban J connectivity index is 2.18. The van der Waals surface area contributed by atoms with Crippen molar-refractivity contribution in [2.75, 3.05) is 0 Å². The molecule has 2 aromatic rings. The van der Waals surface area contributed by atoms with Crippen molar-refractivity contribution in [3.8, 4) is 6.07 Å². The predicted molar refractivity (Wildman–Crippen MR) is 60.9 cm³/mol. The second-order valence-electron chi connectivity index (χ2n) is 4.11. The van der Waals surface area contributed by atoms with Crippen LogP contribution in [0.1, 0.15) is 23.4 Å². The number of thiazole rings is 1. The summed E-state index contributed by atoms with van der Waals surface area (Å²) in [7, 11) is 0. The predicted octanol–water partition coefficient (Wildman–Crippen LogP) is 3.16. The van der Waals surface area contributed by atoms with Gasteiger partial charge in [0.05, 0.1) is 26.7 Å². The zero-order valence-electron chi connectivity index (χ0n) is 8.45. The molecule has 0 spiro atoms. The lowest BCUT2D eigenvalue weighted by Crippen LogP contribution is -2.01. The van der Waals surface area contributed by atoms with E-state index in [0.29, 0.717) is 0 Å². The molecule has 1 aromatic carbocycles. The summed E-state index contributed by atoms with van der Waals surface area (Å²) in [4.78, 5) is 4.42. The van der Waals surface area contributed by atoms with Crippen molar-refractivity contribution in [3.63, 3.8) is 0 Å². The molecule has 0 bridgehead atoms. The molecule has 0 radical (unpaired) electrons. The number of hydrogen-bond acceptors (Lipinski definition) is 3.